The van der Waals surface area contributed by atoms with Crippen molar-refractivity contribution in [2.45, 2.75) is 10.9 Å². The van der Waals surface area contributed by atoms with E-state index in [1.807, 2.05) is 0 Å². The Hall–Kier alpha value is -3.24. The Bertz CT molecular complexity index is 1190. The zero-order valence-electron chi connectivity index (χ0n) is 15.9. The molecule has 10 heteroatoms. The van der Waals surface area contributed by atoms with Crippen LogP contribution in [0.3, 0.4) is 0 Å². The Balaban J connectivity index is 1.92. The smallest absolute Gasteiger partial charge is 0.274 e. The summed E-state index contributed by atoms with van der Waals surface area (Å²) in [5.41, 5.74) is 2.24. The van der Waals surface area contributed by atoms with Crippen LogP contribution in [0, 0.1) is 0 Å². The van der Waals surface area contributed by atoms with Crippen LogP contribution in [0.4, 0.5) is 5.69 Å². The monoisotopic (exact) mass is 459 g/mol. The lowest BCUT2D eigenvalue weighted by atomic mass is 10.1. The molecule has 0 aliphatic heterocycles. The number of anilines is 1. The van der Waals surface area contributed by atoms with Crippen molar-refractivity contribution in [2.24, 2.45) is 0 Å². The van der Waals surface area contributed by atoms with Crippen molar-refractivity contribution >= 4 is 39.1 Å². The van der Waals surface area contributed by atoms with Gasteiger partial charge in [-0.2, -0.15) is 4.72 Å². The molecule has 0 aromatic heterocycles. The Morgan fingerprint density at radius 2 is 1.58 bits per heavy atom. The number of nitrogens with one attached hydrogen (secondary N) is 3. The van der Waals surface area contributed by atoms with E-state index in [9.17, 15) is 18.0 Å². The van der Waals surface area contributed by atoms with E-state index in [1.165, 1.54) is 23.7 Å². The molecule has 0 saturated carbocycles. The fourth-order valence-electron chi connectivity index (χ4n) is 2.76. The van der Waals surface area contributed by atoms with E-state index in [-0.39, 0.29) is 10.5 Å². The molecule has 3 aromatic carbocycles. The highest BCUT2D eigenvalue weighted by atomic mass is 35.5. The average Bonchev–Trinajstić information content (AvgIpc) is 2.79. The van der Waals surface area contributed by atoms with E-state index < -0.39 is 27.9 Å². The van der Waals surface area contributed by atoms with Crippen LogP contribution in [-0.4, -0.2) is 25.4 Å². The van der Waals surface area contributed by atoms with Gasteiger partial charge in [-0.1, -0.05) is 48.0 Å². The molecule has 0 fully saturated rings. The summed E-state index contributed by atoms with van der Waals surface area (Å²) in [4.78, 5) is 24.3. The zero-order valence-corrected chi connectivity index (χ0v) is 17.5. The van der Waals surface area contributed by atoms with Crippen LogP contribution in [0.1, 0.15) is 22.0 Å². The molecule has 0 heterocycles. The third kappa shape index (κ3) is 5.68. The quantitative estimate of drug-likeness (QED) is 0.319. The van der Waals surface area contributed by atoms with E-state index in [0.717, 1.165) is 6.07 Å². The Morgan fingerprint density at radius 1 is 0.903 bits per heavy atom. The maximum Gasteiger partial charge on any atom is 0.274 e. The minimum absolute atomic E-state index is 0.0627. The lowest BCUT2D eigenvalue weighted by Gasteiger charge is -2.19. The third-order valence-corrected chi connectivity index (χ3v) is 5.96. The van der Waals surface area contributed by atoms with Crippen LogP contribution in [0.15, 0.2) is 83.8 Å². The van der Waals surface area contributed by atoms with Gasteiger partial charge in [-0.05, 0) is 48.0 Å². The topological polar surface area (TPSA) is 125 Å². The maximum atomic E-state index is 13.0. The van der Waals surface area contributed by atoms with Crippen LogP contribution in [0.25, 0.3) is 0 Å². The van der Waals surface area contributed by atoms with Crippen molar-refractivity contribution in [2.75, 3.05) is 5.32 Å². The molecule has 160 valence electrons. The fraction of sp³-hybridized carbons (Fsp3) is 0.0476. The second kappa shape index (κ2) is 9.71. The molecule has 8 nitrogen and oxygen atoms in total. The minimum Gasteiger partial charge on any atom is -0.324 e. The molecule has 0 saturated heterocycles. The normalized spacial score (nSPS) is 12.1. The van der Waals surface area contributed by atoms with Gasteiger partial charge in [-0.25, -0.2) is 13.9 Å². The molecule has 31 heavy (non-hydrogen) atoms. The zero-order chi connectivity index (χ0) is 22.4. The highest BCUT2D eigenvalue weighted by molar-refractivity contribution is 7.89. The van der Waals surface area contributed by atoms with Gasteiger partial charge in [-0.3, -0.25) is 14.8 Å². The predicted octanol–water partition coefficient (Wildman–Crippen LogP) is 3.12. The molecule has 0 radical (unpaired) electrons. The number of benzene rings is 3. The first-order chi connectivity index (χ1) is 14.8. The molecular formula is C21H18ClN3O5S. The largest absolute Gasteiger partial charge is 0.324 e. The van der Waals surface area contributed by atoms with E-state index in [2.05, 4.69) is 10.0 Å². The molecule has 3 aromatic rings. The third-order valence-electron chi connectivity index (χ3n) is 4.29. The van der Waals surface area contributed by atoms with E-state index in [4.69, 9.17) is 16.8 Å². The Labute approximate surface area is 183 Å². The van der Waals surface area contributed by atoms with Crippen molar-refractivity contribution in [1.29, 1.82) is 0 Å². The molecule has 0 aliphatic rings. The molecule has 4 N–H and O–H groups in total. The van der Waals surface area contributed by atoms with Gasteiger partial charge in [0.25, 0.3) is 5.91 Å². The lowest BCUT2D eigenvalue weighted by molar-refractivity contribution is -0.117. The summed E-state index contributed by atoms with van der Waals surface area (Å²) < 4.78 is 28.3. The number of carbonyl (C=O) groups excluding carboxylic acids is 2. The number of hydroxylamine groups is 1. The van der Waals surface area contributed by atoms with Gasteiger partial charge in [0.1, 0.15) is 6.04 Å². The first-order valence-corrected chi connectivity index (χ1v) is 10.8. The van der Waals surface area contributed by atoms with Gasteiger partial charge < -0.3 is 5.32 Å². The summed E-state index contributed by atoms with van der Waals surface area (Å²) in [5.74, 6) is -1.47. The van der Waals surface area contributed by atoms with Crippen LogP contribution in [-0.2, 0) is 14.8 Å². The Kier molecular flexibility index (Phi) is 7.03. The summed E-state index contributed by atoms with van der Waals surface area (Å²) in [5, 5.41) is 11.9. The number of sulfonamides is 1. The molecule has 0 bridgehead atoms. The van der Waals surface area contributed by atoms with Gasteiger partial charge >= 0.3 is 0 Å². The second-order valence-corrected chi connectivity index (χ2v) is 8.58. The summed E-state index contributed by atoms with van der Waals surface area (Å²) >= 11 is 5.86. The highest BCUT2D eigenvalue weighted by Gasteiger charge is 2.28. The summed E-state index contributed by atoms with van der Waals surface area (Å²) in [6.45, 7) is 0. The van der Waals surface area contributed by atoms with Crippen molar-refractivity contribution in [1.82, 2.24) is 10.2 Å². The van der Waals surface area contributed by atoms with Crippen LogP contribution in [0.5, 0.6) is 0 Å². The van der Waals surface area contributed by atoms with Crippen molar-refractivity contribution in [3.05, 3.63) is 95.0 Å². The maximum absolute atomic E-state index is 13.0. The summed E-state index contributed by atoms with van der Waals surface area (Å²) in [6.07, 6.45) is 0. The van der Waals surface area contributed by atoms with Crippen LogP contribution in [0.2, 0.25) is 5.02 Å². The molecule has 0 aliphatic carbocycles. The predicted molar refractivity (Wildman–Crippen MR) is 115 cm³/mol. The molecule has 0 spiro atoms. The number of hydrogen-bond acceptors (Lipinski definition) is 5. The van der Waals surface area contributed by atoms with E-state index >= 15 is 0 Å². The molecule has 3 rings (SSSR count). The van der Waals surface area contributed by atoms with Crippen molar-refractivity contribution in [3.8, 4) is 0 Å². The summed E-state index contributed by atoms with van der Waals surface area (Å²) in [7, 11) is -4.21. The number of rotatable bonds is 7. The SMILES string of the molecule is O=C(NO)c1cccc(S(=O)(=O)N[C@H](C(=O)Nc2ccc(Cl)cc2)c2ccccc2)c1. The Morgan fingerprint density at radius 3 is 2.23 bits per heavy atom. The van der Waals surface area contributed by atoms with Gasteiger partial charge in [0, 0.05) is 16.3 Å². The van der Waals surface area contributed by atoms with Gasteiger partial charge in [0.05, 0.1) is 4.90 Å². The van der Waals surface area contributed by atoms with Crippen molar-refractivity contribution in [3.63, 3.8) is 0 Å². The van der Waals surface area contributed by atoms with Gasteiger partial charge in [0.15, 0.2) is 0 Å². The van der Waals surface area contributed by atoms with Gasteiger partial charge in [-0.15, -0.1) is 0 Å². The number of amides is 2. The summed E-state index contributed by atoms with van der Waals surface area (Å²) in [6, 6.07) is 18.5. The average molecular weight is 460 g/mol. The fourth-order valence-corrected chi connectivity index (χ4v) is 4.11. The van der Waals surface area contributed by atoms with Crippen molar-refractivity contribution < 1.29 is 23.2 Å². The van der Waals surface area contributed by atoms with Crippen LogP contribution >= 0.6 is 11.6 Å². The molecule has 2 amide bonds. The van der Waals surface area contributed by atoms with Crippen LogP contribution < -0.4 is 15.5 Å². The van der Waals surface area contributed by atoms with E-state index in [0.29, 0.717) is 16.3 Å². The highest BCUT2D eigenvalue weighted by Crippen LogP contribution is 2.21. The molecule has 1 atom stereocenters. The molecular weight excluding hydrogens is 442 g/mol. The number of halogens is 1. The number of carbonyl (C=O) groups is 2. The standard InChI is InChI=1S/C21H18ClN3O5S/c22-16-9-11-17(12-10-16)23-21(27)19(14-5-2-1-3-6-14)25-31(29,30)18-8-4-7-15(13-18)20(26)24-28/h1-13,19,25,28H,(H,23,27)(H,24,26)/t19-/m0/s1. The lowest BCUT2D eigenvalue weighted by Crippen LogP contribution is -2.37. The first kappa shape index (κ1) is 22.4. The van der Waals surface area contributed by atoms with Gasteiger partial charge in [0.2, 0.25) is 15.9 Å². The van der Waals surface area contributed by atoms with E-state index in [1.54, 1.807) is 54.6 Å². The second-order valence-electron chi connectivity index (χ2n) is 6.43. The minimum atomic E-state index is -4.21. The molecule has 0 unspecified atom stereocenters. The number of hydrogen-bond donors (Lipinski definition) is 4. The first-order valence-electron chi connectivity index (χ1n) is 8.98.